The molecule has 2 aromatic rings. The van der Waals surface area contributed by atoms with Gasteiger partial charge >= 0.3 is 0 Å². The van der Waals surface area contributed by atoms with Gasteiger partial charge in [-0.3, -0.25) is 4.79 Å². The van der Waals surface area contributed by atoms with Crippen LogP contribution in [0, 0.1) is 5.92 Å². The van der Waals surface area contributed by atoms with E-state index < -0.39 is 10.0 Å². The van der Waals surface area contributed by atoms with Crippen LogP contribution in [0.3, 0.4) is 0 Å². The van der Waals surface area contributed by atoms with E-state index >= 15 is 0 Å². The molecule has 34 heavy (non-hydrogen) atoms. The molecule has 1 N–H and O–H groups in total. The first-order chi connectivity index (χ1) is 16.4. The molecule has 1 unspecified atom stereocenters. The number of rotatable bonds is 7. The number of ether oxygens (including phenoxy) is 2. The van der Waals surface area contributed by atoms with E-state index in [-0.39, 0.29) is 22.8 Å². The highest BCUT2D eigenvalue weighted by Crippen LogP contribution is 2.33. The zero-order valence-corrected chi connectivity index (χ0v) is 20.6. The fourth-order valence-corrected chi connectivity index (χ4v) is 5.91. The number of nitrogens with one attached hydrogen (secondary N) is 1. The topological polar surface area (TPSA) is 88.2 Å². The SMILES string of the molecule is CN(C)C(CNC(=O)C1CCN(S(=O)(=O)c2ccc3c(c2)OCCCO3)CC1)c1ccccc1. The summed E-state index contributed by atoms with van der Waals surface area (Å²) in [6.45, 7) is 2.17. The molecule has 4 rings (SSSR count). The molecule has 1 saturated heterocycles. The van der Waals surface area contributed by atoms with Crippen LogP contribution in [0.25, 0.3) is 0 Å². The maximum Gasteiger partial charge on any atom is 0.243 e. The molecule has 9 heteroatoms. The van der Waals surface area contributed by atoms with Crippen LogP contribution in [-0.4, -0.2) is 70.5 Å². The minimum atomic E-state index is -3.67. The zero-order valence-electron chi connectivity index (χ0n) is 19.8. The summed E-state index contributed by atoms with van der Waals surface area (Å²) in [4.78, 5) is 15.1. The van der Waals surface area contributed by atoms with E-state index in [1.54, 1.807) is 18.2 Å². The van der Waals surface area contributed by atoms with Gasteiger partial charge in [0.15, 0.2) is 11.5 Å². The fraction of sp³-hybridized carbons (Fsp3) is 0.480. The molecule has 0 aromatic heterocycles. The average molecular weight is 488 g/mol. The summed E-state index contributed by atoms with van der Waals surface area (Å²) >= 11 is 0. The van der Waals surface area contributed by atoms with Gasteiger partial charge in [0.25, 0.3) is 0 Å². The molecule has 1 fully saturated rings. The highest BCUT2D eigenvalue weighted by molar-refractivity contribution is 7.89. The predicted octanol–water partition coefficient (Wildman–Crippen LogP) is 2.67. The lowest BCUT2D eigenvalue weighted by Gasteiger charge is -2.31. The van der Waals surface area contributed by atoms with E-state index in [2.05, 4.69) is 22.3 Å². The van der Waals surface area contributed by atoms with Gasteiger partial charge in [-0.05, 0) is 44.6 Å². The van der Waals surface area contributed by atoms with Crippen LogP contribution >= 0.6 is 0 Å². The Bertz CT molecular complexity index is 1080. The zero-order chi connectivity index (χ0) is 24.1. The monoisotopic (exact) mass is 487 g/mol. The Morgan fingerprint density at radius 2 is 1.74 bits per heavy atom. The van der Waals surface area contributed by atoms with Crippen molar-refractivity contribution in [1.82, 2.24) is 14.5 Å². The Kier molecular flexibility index (Phi) is 7.75. The van der Waals surface area contributed by atoms with Crippen molar-refractivity contribution in [1.29, 1.82) is 0 Å². The standard InChI is InChI=1S/C25H33N3O5S/c1-27(2)22(19-7-4-3-5-8-19)18-26-25(29)20-11-13-28(14-12-20)34(30,31)21-9-10-23-24(17-21)33-16-6-15-32-23/h3-5,7-10,17,20,22H,6,11-16,18H2,1-2H3,(H,26,29). The number of carbonyl (C=O) groups excluding carboxylic acids is 1. The van der Waals surface area contributed by atoms with Crippen LogP contribution in [0.2, 0.25) is 0 Å². The molecule has 2 heterocycles. The van der Waals surface area contributed by atoms with Gasteiger partial charge in [-0.2, -0.15) is 4.31 Å². The normalized spacial score (nSPS) is 18.3. The number of hydrogen-bond acceptors (Lipinski definition) is 6. The smallest absolute Gasteiger partial charge is 0.243 e. The number of nitrogens with zero attached hydrogens (tertiary/aromatic N) is 2. The third-order valence-electron chi connectivity index (χ3n) is 6.46. The van der Waals surface area contributed by atoms with Gasteiger partial charge in [0.05, 0.1) is 24.2 Å². The molecule has 0 bridgehead atoms. The number of sulfonamides is 1. The molecule has 2 aliphatic rings. The van der Waals surface area contributed by atoms with Gasteiger partial charge in [0.2, 0.25) is 15.9 Å². The molecular formula is C25H33N3O5S. The molecular weight excluding hydrogens is 454 g/mol. The van der Waals surface area contributed by atoms with Gasteiger partial charge in [-0.25, -0.2) is 8.42 Å². The Morgan fingerprint density at radius 1 is 1.06 bits per heavy atom. The van der Waals surface area contributed by atoms with Crippen molar-refractivity contribution in [3.05, 3.63) is 54.1 Å². The van der Waals surface area contributed by atoms with Crippen molar-refractivity contribution < 1.29 is 22.7 Å². The molecule has 184 valence electrons. The number of carbonyl (C=O) groups is 1. The van der Waals surface area contributed by atoms with Gasteiger partial charge in [0, 0.05) is 38.0 Å². The second kappa shape index (κ2) is 10.8. The largest absolute Gasteiger partial charge is 0.490 e. The molecule has 0 radical (unpaired) electrons. The van der Waals surface area contributed by atoms with Crippen LogP contribution in [0.5, 0.6) is 11.5 Å². The summed E-state index contributed by atoms with van der Waals surface area (Å²) in [5, 5.41) is 3.08. The average Bonchev–Trinajstić information content (AvgIpc) is 3.09. The summed E-state index contributed by atoms with van der Waals surface area (Å²) in [6.07, 6.45) is 1.74. The Morgan fingerprint density at radius 3 is 2.41 bits per heavy atom. The molecule has 8 nitrogen and oxygen atoms in total. The van der Waals surface area contributed by atoms with Gasteiger partial charge < -0.3 is 19.7 Å². The minimum Gasteiger partial charge on any atom is -0.490 e. The maximum absolute atomic E-state index is 13.2. The number of hydrogen-bond donors (Lipinski definition) is 1. The van der Waals surface area contributed by atoms with Crippen LogP contribution in [-0.2, 0) is 14.8 Å². The second-order valence-electron chi connectivity index (χ2n) is 8.97. The van der Waals surface area contributed by atoms with Gasteiger partial charge in [-0.1, -0.05) is 30.3 Å². The number of likely N-dealkylation sites (N-methyl/N-ethyl adjacent to an activating group) is 1. The molecule has 2 aliphatic heterocycles. The van der Waals surface area contributed by atoms with Crippen molar-refractivity contribution in [3.63, 3.8) is 0 Å². The van der Waals surface area contributed by atoms with E-state index in [4.69, 9.17) is 9.47 Å². The molecule has 2 aromatic carbocycles. The Hall–Kier alpha value is -2.62. The van der Waals surface area contributed by atoms with E-state index in [9.17, 15) is 13.2 Å². The first-order valence-electron chi connectivity index (χ1n) is 11.7. The van der Waals surface area contributed by atoms with Crippen molar-refractivity contribution in [2.24, 2.45) is 5.92 Å². The maximum atomic E-state index is 13.2. The molecule has 0 aliphatic carbocycles. The second-order valence-corrected chi connectivity index (χ2v) is 10.9. The van der Waals surface area contributed by atoms with Crippen molar-refractivity contribution in [3.8, 4) is 11.5 Å². The van der Waals surface area contributed by atoms with E-state index in [1.165, 1.54) is 4.31 Å². The first-order valence-corrected chi connectivity index (χ1v) is 13.2. The van der Waals surface area contributed by atoms with Crippen LogP contribution in [0.1, 0.15) is 30.9 Å². The Balaban J connectivity index is 1.34. The van der Waals surface area contributed by atoms with Crippen LogP contribution < -0.4 is 14.8 Å². The highest BCUT2D eigenvalue weighted by Gasteiger charge is 2.33. The first kappa shape index (κ1) is 24.5. The predicted molar refractivity (Wildman–Crippen MR) is 129 cm³/mol. The molecule has 0 saturated carbocycles. The lowest BCUT2D eigenvalue weighted by atomic mass is 9.97. The number of piperidine rings is 1. The quantitative estimate of drug-likeness (QED) is 0.646. The fourth-order valence-electron chi connectivity index (χ4n) is 4.43. The summed E-state index contributed by atoms with van der Waals surface area (Å²) < 4.78 is 39.1. The third-order valence-corrected chi connectivity index (χ3v) is 8.35. The van der Waals surface area contributed by atoms with E-state index in [0.29, 0.717) is 57.2 Å². The number of amides is 1. The summed E-state index contributed by atoms with van der Waals surface area (Å²) in [7, 11) is 0.316. The number of fused-ring (bicyclic) bond motifs is 1. The van der Waals surface area contributed by atoms with Gasteiger partial charge in [-0.15, -0.1) is 0 Å². The molecule has 1 amide bonds. The van der Waals surface area contributed by atoms with E-state index in [0.717, 1.165) is 12.0 Å². The Labute approximate surface area is 201 Å². The summed E-state index contributed by atoms with van der Waals surface area (Å²) in [6, 6.07) is 14.9. The minimum absolute atomic E-state index is 0.0181. The lowest BCUT2D eigenvalue weighted by molar-refractivity contribution is -0.126. The third kappa shape index (κ3) is 5.54. The van der Waals surface area contributed by atoms with Crippen molar-refractivity contribution in [2.75, 3.05) is 46.9 Å². The van der Waals surface area contributed by atoms with Crippen LogP contribution in [0.15, 0.2) is 53.4 Å². The van der Waals surface area contributed by atoms with Gasteiger partial charge in [0.1, 0.15) is 0 Å². The number of benzene rings is 2. The molecule has 1 atom stereocenters. The summed E-state index contributed by atoms with van der Waals surface area (Å²) in [5.41, 5.74) is 1.14. The van der Waals surface area contributed by atoms with Crippen molar-refractivity contribution in [2.45, 2.75) is 30.2 Å². The van der Waals surface area contributed by atoms with E-state index in [1.807, 2.05) is 32.3 Å². The lowest BCUT2D eigenvalue weighted by Crippen LogP contribution is -2.44. The van der Waals surface area contributed by atoms with Crippen molar-refractivity contribution >= 4 is 15.9 Å². The van der Waals surface area contributed by atoms with Crippen LogP contribution in [0.4, 0.5) is 0 Å². The summed E-state index contributed by atoms with van der Waals surface area (Å²) in [5.74, 6) is 0.810. The highest BCUT2D eigenvalue weighted by atomic mass is 32.2. The molecule has 0 spiro atoms.